The van der Waals surface area contributed by atoms with Gasteiger partial charge < -0.3 is 15.0 Å². The minimum atomic E-state index is -0.585. The second-order valence-electron chi connectivity index (χ2n) is 6.07. The molecule has 3 rings (SSSR count). The van der Waals surface area contributed by atoms with E-state index in [1.54, 1.807) is 47.6 Å². The van der Waals surface area contributed by atoms with Crippen LogP contribution >= 0.6 is 23.6 Å². The van der Waals surface area contributed by atoms with E-state index in [1.165, 1.54) is 0 Å². The van der Waals surface area contributed by atoms with E-state index >= 15 is 0 Å². The minimum Gasteiger partial charge on any atom is -0.497 e. The van der Waals surface area contributed by atoms with Gasteiger partial charge in [0.05, 0.1) is 20.1 Å². The highest BCUT2D eigenvalue weighted by atomic mass is 32.1. The van der Waals surface area contributed by atoms with Gasteiger partial charge in [0.15, 0.2) is 5.11 Å². The Morgan fingerprint density at radius 2 is 2.04 bits per heavy atom. The maximum Gasteiger partial charge on any atom is 0.252 e. The molecule has 0 aliphatic carbocycles. The molecule has 6 nitrogen and oxygen atoms in total. The fraction of sp³-hybridized carbons (Fsp3) is 0.316. The number of nitrogens with one attached hydrogen (secondary N) is 1. The first-order chi connectivity index (χ1) is 13.0. The van der Waals surface area contributed by atoms with Crippen molar-refractivity contribution in [1.29, 1.82) is 0 Å². The Morgan fingerprint density at radius 3 is 2.63 bits per heavy atom. The Balaban J connectivity index is 1.71. The van der Waals surface area contributed by atoms with E-state index in [-0.39, 0.29) is 18.2 Å². The summed E-state index contributed by atoms with van der Waals surface area (Å²) in [7, 11) is 1.59. The van der Waals surface area contributed by atoms with Crippen LogP contribution in [0.25, 0.3) is 0 Å². The molecular formula is C19H21N3O3S2. The molecule has 0 radical (unpaired) electrons. The molecule has 1 N–H and O–H groups in total. The molecular weight excluding hydrogens is 382 g/mol. The SMILES string of the molecule is CCN1C(=O)[C@H](CC(=O)Nc2ccc(OC)cc2)N(Cc2cccs2)C1=S. The predicted molar refractivity (Wildman–Crippen MR) is 110 cm³/mol. The van der Waals surface area contributed by atoms with Crippen LogP contribution in [-0.4, -0.2) is 46.4 Å². The van der Waals surface area contributed by atoms with E-state index in [1.807, 2.05) is 29.3 Å². The van der Waals surface area contributed by atoms with E-state index in [9.17, 15) is 9.59 Å². The number of amides is 2. The third-order valence-electron chi connectivity index (χ3n) is 4.38. The van der Waals surface area contributed by atoms with E-state index in [2.05, 4.69) is 5.32 Å². The molecule has 0 saturated carbocycles. The Morgan fingerprint density at radius 1 is 1.30 bits per heavy atom. The van der Waals surface area contributed by atoms with Crippen LogP contribution in [0.5, 0.6) is 5.75 Å². The van der Waals surface area contributed by atoms with Crippen molar-refractivity contribution in [2.45, 2.75) is 25.9 Å². The van der Waals surface area contributed by atoms with Crippen LogP contribution in [0.3, 0.4) is 0 Å². The van der Waals surface area contributed by atoms with Crippen molar-refractivity contribution in [1.82, 2.24) is 9.80 Å². The lowest BCUT2D eigenvalue weighted by atomic mass is 10.1. The van der Waals surface area contributed by atoms with Crippen molar-refractivity contribution < 1.29 is 14.3 Å². The maximum absolute atomic E-state index is 12.8. The molecule has 0 spiro atoms. The van der Waals surface area contributed by atoms with Crippen LogP contribution < -0.4 is 10.1 Å². The second kappa shape index (κ2) is 8.49. The third kappa shape index (κ3) is 4.28. The smallest absolute Gasteiger partial charge is 0.252 e. The number of methoxy groups -OCH3 is 1. The van der Waals surface area contributed by atoms with Gasteiger partial charge in [0.2, 0.25) is 5.91 Å². The molecule has 2 heterocycles. The first-order valence-electron chi connectivity index (χ1n) is 8.61. The lowest BCUT2D eigenvalue weighted by Gasteiger charge is -2.23. The number of hydrogen-bond donors (Lipinski definition) is 1. The minimum absolute atomic E-state index is 0.0485. The number of thiocarbonyl (C=S) groups is 1. The molecule has 1 aliphatic heterocycles. The van der Waals surface area contributed by atoms with E-state index in [0.717, 1.165) is 4.88 Å². The van der Waals surface area contributed by atoms with Crippen molar-refractivity contribution in [3.05, 3.63) is 46.7 Å². The van der Waals surface area contributed by atoms with E-state index in [0.29, 0.717) is 29.6 Å². The van der Waals surface area contributed by atoms with Gasteiger partial charge in [0.25, 0.3) is 5.91 Å². The largest absolute Gasteiger partial charge is 0.497 e. The normalized spacial score (nSPS) is 16.7. The summed E-state index contributed by atoms with van der Waals surface area (Å²) in [6.07, 6.45) is 0.0485. The van der Waals surface area contributed by atoms with Crippen LogP contribution in [0.2, 0.25) is 0 Å². The highest BCUT2D eigenvalue weighted by Gasteiger charge is 2.42. The summed E-state index contributed by atoms with van der Waals surface area (Å²) in [6, 6.07) is 10.4. The van der Waals surface area contributed by atoms with Gasteiger partial charge in [-0.05, 0) is 54.9 Å². The van der Waals surface area contributed by atoms with Crippen molar-refractivity contribution in [2.24, 2.45) is 0 Å². The van der Waals surface area contributed by atoms with Crippen molar-refractivity contribution in [2.75, 3.05) is 19.0 Å². The molecule has 1 atom stereocenters. The van der Waals surface area contributed by atoms with Crippen LogP contribution in [0, 0.1) is 0 Å². The van der Waals surface area contributed by atoms with E-state index < -0.39 is 6.04 Å². The molecule has 0 bridgehead atoms. The zero-order valence-corrected chi connectivity index (χ0v) is 16.8. The summed E-state index contributed by atoms with van der Waals surface area (Å²) in [5.74, 6) is 0.365. The second-order valence-corrected chi connectivity index (χ2v) is 7.47. The van der Waals surface area contributed by atoms with Gasteiger partial charge >= 0.3 is 0 Å². The summed E-state index contributed by atoms with van der Waals surface area (Å²) < 4.78 is 5.11. The van der Waals surface area contributed by atoms with Gasteiger partial charge in [-0.3, -0.25) is 14.5 Å². The summed E-state index contributed by atoms with van der Waals surface area (Å²) in [4.78, 5) is 29.8. The Labute approximate surface area is 167 Å². The molecule has 27 heavy (non-hydrogen) atoms. The highest BCUT2D eigenvalue weighted by molar-refractivity contribution is 7.80. The summed E-state index contributed by atoms with van der Waals surface area (Å²) in [5, 5.41) is 5.30. The van der Waals surface area contributed by atoms with Gasteiger partial charge in [-0.15, -0.1) is 11.3 Å². The molecule has 8 heteroatoms. The van der Waals surface area contributed by atoms with Gasteiger partial charge in [-0.2, -0.15) is 0 Å². The van der Waals surface area contributed by atoms with Crippen LogP contribution in [0.1, 0.15) is 18.2 Å². The third-order valence-corrected chi connectivity index (χ3v) is 5.69. The lowest BCUT2D eigenvalue weighted by molar-refractivity contribution is -0.130. The first-order valence-corrected chi connectivity index (χ1v) is 9.90. The molecule has 1 saturated heterocycles. The standard InChI is InChI=1S/C19H21N3O3S2/c1-3-21-18(24)16(22(19(21)26)12-15-5-4-10-27-15)11-17(23)20-13-6-8-14(25-2)9-7-13/h4-10,16H,3,11-12H2,1-2H3,(H,20,23)/t16-/m0/s1. The topological polar surface area (TPSA) is 61.9 Å². The molecule has 2 aromatic rings. The number of rotatable bonds is 7. The average Bonchev–Trinajstić information content (AvgIpc) is 3.25. The van der Waals surface area contributed by atoms with Crippen LogP contribution in [0.4, 0.5) is 5.69 Å². The Hall–Kier alpha value is -2.45. The van der Waals surface area contributed by atoms with Crippen LogP contribution in [0.15, 0.2) is 41.8 Å². The molecule has 1 aromatic carbocycles. The fourth-order valence-electron chi connectivity index (χ4n) is 2.99. The van der Waals surface area contributed by atoms with Crippen molar-refractivity contribution >= 4 is 46.2 Å². The average molecular weight is 404 g/mol. The molecule has 142 valence electrons. The number of carbonyl (C=O) groups is 2. The Bertz CT molecular complexity index is 821. The van der Waals surface area contributed by atoms with Gasteiger partial charge in [-0.1, -0.05) is 6.07 Å². The predicted octanol–water partition coefficient (Wildman–Crippen LogP) is 3.10. The number of carbonyl (C=O) groups excluding carboxylic acids is 2. The first kappa shape index (κ1) is 19.3. The number of benzene rings is 1. The van der Waals surface area contributed by atoms with E-state index in [4.69, 9.17) is 17.0 Å². The van der Waals surface area contributed by atoms with Crippen molar-refractivity contribution in [3.8, 4) is 5.75 Å². The number of ether oxygens (including phenoxy) is 1. The number of hydrogen-bond acceptors (Lipinski definition) is 5. The zero-order chi connectivity index (χ0) is 19.4. The van der Waals surface area contributed by atoms with Crippen LogP contribution in [-0.2, 0) is 16.1 Å². The maximum atomic E-state index is 12.8. The number of likely N-dealkylation sites (N-methyl/N-ethyl adjacent to an activating group) is 1. The molecule has 2 amide bonds. The monoisotopic (exact) mass is 403 g/mol. The molecule has 1 aromatic heterocycles. The summed E-state index contributed by atoms with van der Waals surface area (Å²) in [6.45, 7) is 2.90. The number of thiophene rings is 1. The molecule has 1 fully saturated rings. The van der Waals surface area contributed by atoms with Gasteiger partial charge in [-0.25, -0.2) is 0 Å². The van der Waals surface area contributed by atoms with Crippen molar-refractivity contribution in [3.63, 3.8) is 0 Å². The Kier molecular flexibility index (Phi) is 6.08. The van der Waals surface area contributed by atoms with Gasteiger partial charge in [0.1, 0.15) is 11.8 Å². The summed E-state index contributed by atoms with van der Waals surface area (Å²) >= 11 is 7.09. The quantitative estimate of drug-likeness (QED) is 0.720. The fourth-order valence-corrected chi connectivity index (χ4v) is 4.11. The summed E-state index contributed by atoms with van der Waals surface area (Å²) in [5.41, 5.74) is 0.658. The molecule has 0 unspecified atom stereocenters. The zero-order valence-electron chi connectivity index (χ0n) is 15.2. The molecule has 1 aliphatic rings. The van der Waals surface area contributed by atoms with Gasteiger partial charge in [0, 0.05) is 17.1 Å². The highest BCUT2D eigenvalue weighted by Crippen LogP contribution is 2.25. The number of nitrogens with zero attached hydrogens (tertiary/aromatic N) is 2. The lowest BCUT2D eigenvalue weighted by Crippen LogP contribution is -2.37. The number of anilines is 1.